The van der Waals surface area contributed by atoms with Gasteiger partial charge in [0, 0.05) is 25.9 Å². The molecule has 15 heavy (non-hydrogen) atoms. The van der Waals surface area contributed by atoms with Crippen LogP contribution < -0.4 is 5.90 Å². The first-order valence-corrected chi connectivity index (χ1v) is 5.41. The zero-order valence-electron chi connectivity index (χ0n) is 8.91. The average molecular weight is 214 g/mol. The van der Waals surface area contributed by atoms with Crippen molar-refractivity contribution in [3.63, 3.8) is 0 Å². The lowest BCUT2D eigenvalue weighted by Gasteiger charge is -2.26. The van der Waals surface area contributed by atoms with E-state index in [9.17, 15) is 9.59 Å². The minimum atomic E-state index is -0.457. The van der Waals surface area contributed by atoms with Crippen LogP contribution in [0.3, 0.4) is 0 Å². The fourth-order valence-corrected chi connectivity index (χ4v) is 1.74. The minimum Gasteiger partial charge on any atom is -0.373 e. The first-order valence-electron chi connectivity index (χ1n) is 5.41. The molecule has 1 aliphatic heterocycles. The van der Waals surface area contributed by atoms with Crippen molar-refractivity contribution in [2.75, 3.05) is 13.1 Å². The second kappa shape index (κ2) is 6.40. The molecule has 0 spiro atoms. The van der Waals surface area contributed by atoms with Gasteiger partial charge in [-0.1, -0.05) is 0 Å². The number of likely N-dealkylation sites (tertiary alicyclic amines) is 1. The molecule has 0 atom stereocenters. The van der Waals surface area contributed by atoms with E-state index in [0.717, 1.165) is 25.9 Å². The number of carbonyl (C=O) groups is 2. The lowest BCUT2D eigenvalue weighted by molar-refractivity contribution is -0.144. The van der Waals surface area contributed by atoms with Gasteiger partial charge in [-0.2, -0.15) is 5.90 Å². The van der Waals surface area contributed by atoms with Crippen molar-refractivity contribution in [1.82, 2.24) is 4.90 Å². The van der Waals surface area contributed by atoms with Crippen molar-refractivity contribution >= 4 is 11.9 Å². The Hall–Kier alpha value is -1.10. The minimum absolute atomic E-state index is 0.138. The predicted molar refractivity (Wildman–Crippen MR) is 54.6 cm³/mol. The summed E-state index contributed by atoms with van der Waals surface area (Å²) >= 11 is 0. The van der Waals surface area contributed by atoms with E-state index in [1.54, 1.807) is 0 Å². The van der Waals surface area contributed by atoms with Gasteiger partial charge in [-0.15, -0.1) is 0 Å². The normalized spacial score (nSPS) is 16.2. The Labute approximate surface area is 89.5 Å². The van der Waals surface area contributed by atoms with E-state index >= 15 is 0 Å². The van der Waals surface area contributed by atoms with Crippen molar-refractivity contribution in [3.8, 4) is 0 Å². The molecule has 5 heteroatoms. The van der Waals surface area contributed by atoms with E-state index in [4.69, 9.17) is 0 Å². The van der Waals surface area contributed by atoms with Gasteiger partial charge >= 0.3 is 5.97 Å². The number of hydrogen-bond acceptors (Lipinski definition) is 4. The van der Waals surface area contributed by atoms with Crippen molar-refractivity contribution in [2.45, 2.75) is 38.5 Å². The molecule has 1 rings (SSSR count). The maximum Gasteiger partial charge on any atom is 0.324 e. The Morgan fingerprint density at radius 3 is 2.40 bits per heavy atom. The molecule has 0 radical (unpaired) electrons. The van der Waals surface area contributed by atoms with Gasteiger partial charge in [-0.25, -0.2) is 0 Å². The molecule has 0 bridgehead atoms. The molecule has 1 fully saturated rings. The van der Waals surface area contributed by atoms with E-state index in [1.165, 1.54) is 6.42 Å². The number of piperidine rings is 1. The Morgan fingerprint density at radius 1 is 1.13 bits per heavy atom. The lowest BCUT2D eigenvalue weighted by Crippen LogP contribution is -2.35. The van der Waals surface area contributed by atoms with Gasteiger partial charge in [-0.05, 0) is 25.7 Å². The van der Waals surface area contributed by atoms with E-state index in [0.29, 0.717) is 12.8 Å². The van der Waals surface area contributed by atoms with E-state index < -0.39 is 5.97 Å². The van der Waals surface area contributed by atoms with Crippen LogP contribution in [0.15, 0.2) is 0 Å². The summed E-state index contributed by atoms with van der Waals surface area (Å²) in [7, 11) is 0. The van der Waals surface area contributed by atoms with Crippen LogP contribution in [-0.4, -0.2) is 29.9 Å². The van der Waals surface area contributed by atoms with Gasteiger partial charge in [0.1, 0.15) is 0 Å². The van der Waals surface area contributed by atoms with Gasteiger partial charge in [0.05, 0.1) is 0 Å². The Kier molecular flexibility index (Phi) is 5.10. The topological polar surface area (TPSA) is 72.6 Å². The van der Waals surface area contributed by atoms with Gasteiger partial charge in [0.25, 0.3) is 0 Å². The van der Waals surface area contributed by atoms with Crippen molar-refractivity contribution in [1.29, 1.82) is 0 Å². The lowest BCUT2D eigenvalue weighted by atomic mass is 10.1. The molecule has 1 amide bonds. The molecule has 1 heterocycles. The first-order chi connectivity index (χ1) is 7.24. The highest BCUT2D eigenvalue weighted by atomic mass is 16.7. The second-order valence-corrected chi connectivity index (χ2v) is 3.78. The van der Waals surface area contributed by atoms with E-state index in [-0.39, 0.29) is 12.3 Å². The maximum atomic E-state index is 11.6. The number of hydrogen-bond donors (Lipinski definition) is 1. The second-order valence-electron chi connectivity index (χ2n) is 3.78. The van der Waals surface area contributed by atoms with Crippen LogP contribution in [0.2, 0.25) is 0 Å². The molecule has 1 aliphatic rings. The molecule has 0 aromatic heterocycles. The third-order valence-corrected chi connectivity index (χ3v) is 2.61. The monoisotopic (exact) mass is 214 g/mol. The van der Waals surface area contributed by atoms with Gasteiger partial charge in [0.15, 0.2) is 0 Å². The molecule has 86 valence electrons. The van der Waals surface area contributed by atoms with Crippen molar-refractivity contribution < 1.29 is 14.4 Å². The predicted octanol–water partition coefficient (Wildman–Crippen LogP) is 0.586. The summed E-state index contributed by atoms with van der Waals surface area (Å²) in [6.45, 7) is 1.72. The summed E-state index contributed by atoms with van der Waals surface area (Å²) in [4.78, 5) is 28.2. The molecule has 0 saturated carbocycles. The zero-order valence-corrected chi connectivity index (χ0v) is 8.91. The highest BCUT2D eigenvalue weighted by Crippen LogP contribution is 2.11. The third kappa shape index (κ3) is 4.29. The fraction of sp³-hybridized carbons (Fsp3) is 0.800. The Balaban J connectivity index is 2.14. The SMILES string of the molecule is NOC(=O)CCCC(=O)N1CCCCC1. The molecular weight excluding hydrogens is 196 g/mol. The smallest absolute Gasteiger partial charge is 0.324 e. The molecule has 0 unspecified atom stereocenters. The number of amides is 1. The summed E-state index contributed by atoms with van der Waals surface area (Å²) in [5.74, 6) is 4.37. The molecule has 0 aromatic carbocycles. The summed E-state index contributed by atoms with van der Waals surface area (Å²) in [6, 6.07) is 0. The third-order valence-electron chi connectivity index (χ3n) is 2.61. The summed E-state index contributed by atoms with van der Waals surface area (Å²) in [5.41, 5.74) is 0. The quantitative estimate of drug-likeness (QED) is 0.695. The number of rotatable bonds is 4. The maximum absolute atomic E-state index is 11.6. The Bertz CT molecular complexity index is 225. The van der Waals surface area contributed by atoms with Gasteiger partial charge in [0.2, 0.25) is 5.91 Å². The summed E-state index contributed by atoms with van der Waals surface area (Å²) < 4.78 is 0. The highest BCUT2D eigenvalue weighted by molar-refractivity contribution is 5.77. The number of carbonyl (C=O) groups excluding carboxylic acids is 2. The summed E-state index contributed by atoms with van der Waals surface area (Å²) in [5, 5.41) is 0. The molecule has 2 N–H and O–H groups in total. The fourth-order valence-electron chi connectivity index (χ4n) is 1.74. The molecular formula is C10H18N2O3. The zero-order chi connectivity index (χ0) is 11.1. The van der Waals surface area contributed by atoms with Crippen molar-refractivity contribution in [2.24, 2.45) is 5.90 Å². The first kappa shape index (κ1) is 12.0. The van der Waals surface area contributed by atoms with Crippen molar-refractivity contribution in [3.05, 3.63) is 0 Å². The van der Waals surface area contributed by atoms with E-state index in [2.05, 4.69) is 10.7 Å². The van der Waals surface area contributed by atoms with Crippen LogP contribution >= 0.6 is 0 Å². The van der Waals surface area contributed by atoms with E-state index in [1.807, 2.05) is 4.90 Å². The van der Waals surface area contributed by atoms with Crippen LogP contribution in [0, 0.1) is 0 Å². The molecule has 0 aromatic rings. The van der Waals surface area contributed by atoms with Gasteiger partial charge in [-0.3, -0.25) is 9.59 Å². The molecule has 5 nitrogen and oxygen atoms in total. The summed E-state index contributed by atoms with van der Waals surface area (Å²) in [6.07, 6.45) is 4.55. The number of nitrogens with two attached hydrogens (primary N) is 1. The largest absolute Gasteiger partial charge is 0.373 e. The van der Waals surface area contributed by atoms with Crippen LogP contribution in [0.5, 0.6) is 0 Å². The Morgan fingerprint density at radius 2 is 1.80 bits per heavy atom. The van der Waals surface area contributed by atoms with Crippen LogP contribution in [0.4, 0.5) is 0 Å². The molecule has 0 aliphatic carbocycles. The van der Waals surface area contributed by atoms with Crippen LogP contribution in [-0.2, 0) is 14.4 Å². The number of nitrogens with zero attached hydrogens (tertiary/aromatic N) is 1. The standard InChI is InChI=1S/C10H18N2O3/c11-15-10(14)6-4-5-9(13)12-7-2-1-3-8-12/h1-8,11H2. The highest BCUT2D eigenvalue weighted by Gasteiger charge is 2.16. The van der Waals surface area contributed by atoms with Gasteiger partial charge < -0.3 is 9.74 Å². The van der Waals surface area contributed by atoms with Crippen LogP contribution in [0.1, 0.15) is 38.5 Å². The average Bonchev–Trinajstić information content (AvgIpc) is 2.29. The van der Waals surface area contributed by atoms with Crippen LogP contribution in [0.25, 0.3) is 0 Å². The molecule has 1 saturated heterocycles.